The van der Waals surface area contributed by atoms with Gasteiger partial charge in [-0.25, -0.2) is 0 Å². The second kappa shape index (κ2) is 5.52. The summed E-state index contributed by atoms with van der Waals surface area (Å²) in [5.41, 5.74) is 1.27. The predicted molar refractivity (Wildman–Crippen MR) is 71.3 cm³/mol. The number of nitrogens with zero attached hydrogens (tertiary/aromatic N) is 1. The van der Waals surface area contributed by atoms with E-state index in [4.69, 9.17) is 0 Å². The summed E-state index contributed by atoms with van der Waals surface area (Å²) in [6.07, 6.45) is -0.437. The van der Waals surface area contributed by atoms with Crippen molar-refractivity contribution >= 4 is 5.69 Å². The summed E-state index contributed by atoms with van der Waals surface area (Å²) in [6.45, 7) is 8.87. The van der Waals surface area contributed by atoms with Gasteiger partial charge in [-0.3, -0.25) is 0 Å². The molecule has 0 aliphatic carbocycles. The van der Waals surface area contributed by atoms with E-state index in [0.717, 1.165) is 17.8 Å². The van der Waals surface area contributed by atoms with Crippen LogP contribution in [0.25, 0.3) is 0 Å². The Bertz CT molecular complexity index is 338. The zero-order chi connectivity index (χ0) is 13.1. The second-order valence-corrected chi connectivity index (χ2v) is 5.09. The van der Waals surface area contributed by atoms with Crippen molar-refractivity contribution in [1.82, 2.24) is 0 Å². The first-order valence-electron chi connectivity index (χ1n) is 6.09. The normalized spacial score (nSPS) is 13.5. The van der Waals surface area contributed by atoms with Gasteiger partial charge in [-0.15, -0.1) is 0 Å². The summed E-state index contributed by atoms with van der Waals surface area (Å²) < 4.78 is 0. The van der Waals surface area contributed by atoms with E-state index in [2.05, 4.69) is 11.8 Å². The van der Waals surface area contributed by atoms with E-state index in [1.165, 1.54) is 0 Å². The molecule has 0 saturated carbocycles. The van der Waals surface area contributed by atoms with E-state index in [1.54, 1.807) is 20.8 Å². The molecule has 0 aliphatic rings. The molecule has 0 fully saturated rings. The molecule has 1 aromatic carbocycles. The van der Waals surface area contributed by atoms with E-state index in [0.29, 0.717) is 6.54 Å². The fourth-order valence-electron chi connectivity index (χ4n) is 1.82. The van der Waals surface area contributed by atoms with Gasteiger partial charge in [0.1, 0.15) is 0 Å². The number of hydrogen-bond donors (Lipinski definition) is 2. The van der Waals surface area contributed by atoms with Crippen LogP contribution in [0.3, 0.4) is 0 Å². The average Bonchev–Trinajstić information content (AvgIpc) is 2.25. The number of likely N-dealkylation sites (N-methyl/N-ethyl adjacent to an activating group) is 1. The van der Waals surface area contributed by atoms with Crippen molar-refractivity contribution in [2.24, 2.45) is 0 Å². The molecule has 0 aliphatic heterocycles. The monoisotopic (exact) mass is 237 g/mol. The molecular formula is C14H23NO2. The third-order valence-electron chi connectivity index (χ3n) is 2.70. The Morgan fingerprint density at radius 2 is 1.76 bits per heavy atom. The highest BCUT2D eigenvalue weighted by molar-refractivity contribution is 5.48. The lowest BCUT2D eigenvalue weighted by Gasteiger charge is -2.30. The highest BCUT2D eigenvalue weighted by Gasteiger charge is 2.17. The first-order chi connectivity index (χ1) is 7.83. The zero-order valence-corrected chi connectivity index (χ0v) is 11.1. The maximum Gasteiger partial charge on any atom is 0.0765 e. The molecule has 0 aromatic heterocycles. The topological polar surface area (TPSA) is 43.7 Å². The van der Waals surface area contributed by atoms with Crippen molar-refractivity contribution < 1.29 is 10.2 Å². The van der Waals surface area contributed by atoms with E-state index in [1.807, 2.05) is 24.3 Å². The van der Waals surface area contributed by atoms with Crippen LogP contribution in [0.4, 0.5) is 5.69 Å². The molecule has 3 heteroatoms. The molecule has 0 unspecified atom stereocenters. The Kier molecular flexibility index (Phi) is 4.54. The Morgan fingerprint density at radius 3 is 2.12 bits per heavy atom. The van der Waals surface area contributed by atoms with Crippen LogP contribution >= 0.6 is 0 Å². The van der Waals surface area contributed by atoms with Crippen molar-refractivity contribution in [2.45, 2.75) is 39.4 Å². The van der Waals surface area contributed by atoms with Gasteiger partial charge in [0.25, 0.3) is 0 Å². The third-order valence-corrected chi connectivity index (χ3v) is 2.70. The highest BCUT2D eigenvalue weighted by atomic mass is 16.3. The van der Waals surface area contributed by atoms with Gasteiger partial charge in [0, 0.05) is 18.8 Å². The van der Waals surface area contributed by atoms with Gasteiger partial charge in [-0.05, 0) is 45.4 Å². The lowest BCUT2D eigenvalue weighted by molar-refractivity contribution is 0.0876. The van der Waals surface area contributed by atoms with Crippen LogP contribution in [0.5, 0.6) is 0 Å². The molecule has 17 heavy (non-hydrogen) atoms. The van der Waals surface area contributed by atoms with Gasteiger partial charge in [0.05, 0.1) is 11.7 Å². The van der Waals surface area contributed by atoms with E-state index < -0.39 is 11.7 Å². The van der Waals surface area contributed by atoms with Crippen molar-refractivity contribution in [1.29, 1.82) is 0 Å². The van der Waals surface area contributed by atoms with Crippen LogP contribution < -0.4 is 4.90 Å². The molecule has 2 N–H and O–H groups in total. The van der Waals surface area contributed by atoms with E-state index >= 15 is 0 Å². The standard InChI is InChI=1S/C14H23NO2/c1-5-15(10-14(3,4)17)13-8-6-12(7-9-13)11(2)16/h6-9,11,16-17H,5,10H2,1-4H3/t11-/m0/s1. The van der Waals surface area contributed by atoms with Crippen LogP contribution in [-0.2, 0) is 0 Å². The number of anilines is 1. The lowest BCUT2D eigenvalue weighted by Crippen LogP contribution is -2.38. The fraction of sp³-hybridized carbons (Fsp3) is 0.571. The molecule has 0 heterocycles. The minimum Gasteiger partial charge on any atom is -0.389 e. The van der Waals surface area contributed by atoms with Crippen molar-refractivity contribution in [3.05, 3.63) is 29.8 Å². The van der Waals surface area contributed by atoms with Crippen LogP contribution in [0, 0.1) is 0 Å². The first kappa shape index (κ1) is 14.0. The van der Waals surface area contributed by atoms with E-state index in [9.17, 15) is 10.2 Å². The molecule has 0 radical (unpaired) electrons. The smallest absolute Gasteiger partial charge is 0.0765 e. The Morgan fingerprint density at radius 1 is 1.24 bits per heavy atom. The summed E-state index contributed by atoms with van der Waals surface area (Å²) in [7, 11) is 0. The molecule has 0 spiro atoms. The number of aliphatic hydroxyl groups excluding tert-OH is 1. The quantitative estimate of drug-likeness (QED) is 0.826. The molecule has 1 aromatic rings. The molecule has 0 amide bonds. The molecule has 1 atom stereocenters. The van der Waals surface area contributed by atoms with Crippen molar-refractivity contribution in [3.63, 3.8) is 0 Å². The Hall–Kier alpha value is -1.06. The molecule has 3 nitrogen and oxygen atoms in total. The van der Waals surface area contributed by atoms with Crippen LogP contribution in [-0.4, -0.2) is 28.9 Å². The van der Waals surface area contributed by atoms with Crippen molar-refractivity contribution in [3.8, 4) is 0 Å². The van der Waals surface area contributed by atoms with Crippen LogP contribution in [0.15, 0.2) is 24.3 Å². The number of aliphatic hydroxyl groups is 2. The summed E-state index contributed by atoms with van der Waals surface area (Å²) in [5.74, 6) is 0. The zero-order valence-electron chi connectivity index (χ0n) is 11.1. The first-order valence-corrected chi connectivity index (χ1v) is 6.09. The van der Waals surface area contributed by atoms with E-state index in [-0.39, 0.29) is 0 Å². The summed E-state index contributed by atoms with van der Waals surface area (Å²) in [4.78, 5) is 2.12. The lowest BCUT2D eigenvalue weighted by atomic mass is 10.1. The van der Waals surface area contributed by atoms with Crippen molar-refractivity contribution in [2.75, 3.05) is 18.0 Å². The van der Waals surface area contributed by atoms with Gasteiger partial charge in [0.2, 0.25) is 0 Å². The summed E-state index contributed by atoms with van der Waals surface area (Å²) >= 11 is 0. The van der Waals surface area contributed by atoms with Crippen LogP contribution in [0.2, 0.25) is 0 Å². The fourth-order valence-corrected chi connectivity index (χ4v) is 1.82. The molecule has 0 bridgehead atoms. The summed E-state index contributed by atoms with van der Waals surface area (Å²) in [6, 6.07) is 7.81. The highest BCUT2D eigenvalue weighted by Crippen LogP contribution is 2.20. The molecular weight excluding hydrogens is 214 g/mol. The Balaban J connectivity index is 2.82. The maximum atomic E-state index is 9.84. The third kappa shape index (κ3) is 4.36. The molecule has 0 saturated heterocycles. The van der Waals surface area contributed by atoms with Gasteiger partial charge < -0.3 is 15.1 Å². The SMILES string of the molecule is CCN(CC(C)(C)O)c1ccc([C@H](C)O)cc1. The number of benzene rings is 1. The molecule has 1 rings (SSSR count). The van der Waals surface area contributed by atoms with Gasteiger partial charge in [-0.2, -0.15) is 0 Å². The van der Waals surface area contributed by atoms with Gasteiger partial charge >= 0.3 is 0 Å². The average molecular weight is 237 g/mol. The summed E-state index contributed by atoms with van der Waals surface area (Å²) in [5, 5.41) is 19.3. The minimum absolute atomic E-state index is 0.437. The number of hydrogen-bond acceptors (Lipinski definition) is 3. The second-order valence-electron chi connectivity index (χ2n) is 5.09. The van der Waals surface area contributed by atoms with Crippen LogP contribution in [0.1, 0.15) is 39.4 Å². The van der Waals surface area contributed by atoms with Gasteiger partial charge in [0.15, 0.2) is 0 Å². The minimum atomic E-state index is -0.709. The maximum absolute atomic E-state index is 9.84. The Labute approximate surface area is 104 Å². The predicted octanol–water partition coefficient (Wildman–Crippen LogP) is 2.34. The van der Waals surface area contributed by atoms with Gasteiger partial charge in [-0.1, -0.05) is 12.1 Å². The number of rotatable bonds is 5. The largest absolute Gasteiger partial charge is 0.389 e. The molecule has 96 valence electrons.